The molecule has 4 nitrogen and oxygen atoms in total. The lowest BCUT2D eigenvalue weighted by atomic mass is 9.97. The van der Waals surface area contributed by atoms with Crippen LogP contribution in [0.25, 0.3) is 11.3 Å². The molecule has 24 heavy (non-hydrogen) atoms. The van der Waals surface area contributed by atoms with E-state index in [-0.39, 0.29) is 6.54 Å². The van der Waals surface area contributed by atoms with E-state index < -0.39 is 11.7 Å². The highest BCUT2D eigenvalue weighted by Gasteiger charge is 2.33. The summed E-state index contributed by atoms with van der Waals surface area (Å²) in [5.41, 5.74) is 1.75. The number of aromatic nitrogens is 1. The second-order valence-electron chi connectivity index (χ2n) is 5.68. The average molecular weight is 353 g/mol. The first-order chi connectivity index (χ1) is 11.5. The van der Waals surface area contributed by atoms with E-state index in [2.05, 4.69) is 14.9 Å². The number of hydrogen-bond acceptors (Lipinski definition) is 5. The number of benzene rings is 1. The lowest BCUT2D eigenvalue weighted by Crippen LogP contribution is -2.36. The maximum absolute atomic E-state index is 13.2. The highest BCUT2D eigenvalue weighted by molar-refractivity contribution is 7.14. The molecule has 2 aliphatic heterocycles. The fourth-order valence-corrected chi connectivity index (χ4v) is 3.77. The Labute approximate surface area is 140 Å². The summed E-state index contributed by atoms with van der Waals surface area (Å²) in [6.07, 6.45) is -2.74. The Morgan fingerprint density at radius 3 is 2.71 bits per heavy atom. The van der Waals surface area contributed by atoms with Gasteiger partial charge in [-0.15, -0.1) is 11.3 Å². The minimum atomic E-state index is -4.38. The molecule has 0 spiro atoms. The van der Waals surface area contributed by atoms with Crippen molar-refractivity contribution in [2.24, 2.45) is 4.99 Å². The largest absolute Gasteiger partial charge is 0.416 e. The number of alkyl halides is 3. The van der Waals surface area contributed by atoms with Gasteiger partial charge in [-0.1, -0.05) is 0 Å². The molecule has 1 saturated heterocycles. The highest BCUT2D eigenvalue weighted by atomic mass is 32.1. The second kappa shape index (κ2) is 5.86. The quantitative estimate of drug-likeness (QED) is 0.828. The van der Waals surface area contributed by atoms with Crippen molar-refractivity contribution >= 4 is 22.7 Å². The fraction of sp³-hybridized carbons (Fsp3) is 0.375. The van der Waals surface area contributed by atoms with E-state index in [0.717, 1.165) is 23.8 Å². The number of halogens is 3. The first kappa shape index (κ1) is 15.6. The molecule has 0 saturated carbocycles. The van der Waals surface area contributed by atoms with Crippen LogP contribution >= 0.6 is 11.3 Å². The van der Waals surface area contributed by atoms with Crippen molar-refractivity contribution in [2.75, 3.05) is 31.2 Å². The molecular formula is C16H14F3N3OS. The first-order valence-corrected chi connectivity index (χ1v) is 8.43. The van der Waals surface area contributed by atoms with E-state index in [1.807, 2.05) is 5.38 Å². The minimum absolute atomic E-state index is 0.284. The summed E-state index contributed by atoms with van der Waals surface area (Å²) >= 11 is 1.44. The maximum Gasteiger partial charge on any atom is 0.416 e. The predicted octanol–water partition coefficient (Wildman–Crippen LogP) is 3.60. The molecule has 1 fully saturated rings. The molecule has 1 aromatic heterocycles. The van der Waals surface area contributed by atoms with E-state index >= 15 is 0 Å². The van der Waals surface area contributed by atoms with Crippen LogP contribution in [0.2, 0.25) is 0 Å². The Kier molecular flexibility index (Phi) is 3.80. The number of nitrogens with zero attached hydrogens (tertiary/aromatic N) is 3. The monoisotopic (exact) mass is 353 g/mol. The Bertz CT molecular complexity index is 794. The van der Waals surface area contributed by atoms with Crippen LogP contribution in [0.3, 0.4) is 0 Å². The highest BCUT2D eigenvalue weighted by Crippen LogP contribution is 2.38. The number of fused-ring (bicyclic) bond motifs is 1. The van der Waals surface area contributed by atoms with Crippen molar-refractivity contribution in [3.8, 4) is 11.3 Å². The van der Waals surface area contributed by atoms with Gasteiger partial charge in [0.15, 0.2) is 5.13 Å². The molecule has 4 rings (SSSR count). The molecule has 1 aromatic carbocycles. The van der Waals surface area contributed by atoms with Crippen LogP contribution in [0, 0.1) is 0 Å². The standard InChI is InChI=1S/C16H14F3N3OS/c17-16(18,19)11-5-10-7-20-8-13(10)12(6-11)14-9-24-15(21-14)22-1-3-23-4-2-22/h5-6,8-9H,1-4,7H2. The van der Waals surface area contributed by atoms with Gasteiger partial charge in [-0.25, -0.2) is 4.98 Å². The molecule has 0 radical (unpaired) electrons. The van der Waals surface area contributed by atoms with Gasteiger partial charge in [0.05, 0.1) is 31.0 Å². The summed E-state index contributed by atoms with van der Waals surface area (Å²) in [4.78, 5) is 10.8. The fourth-order valence-electron chi connectivity index (χ4n) is 2.90. The normalized spacial score (nSPS) is 17.4. The van der Waals surface area contributed by atoms with Crippen molar-refractivity contribution in [3.63, 3.8) is 0 Å². The van der Waals surface area contributed by atoms with E-state index in [0.29, 0.717) is 30.0 Å². The molecule has 0 bridgehead atoms. The van der Waals surface area contributed by atoms with Gasteiger partial charge >= 0.3 is 6.18 Å². The Morgan fingerprint density at radius 2 is 1.96 bits per heavy atom. The average Bonchev–Trinajstić information content (AvgIpc) is 3.23. The number of thiazole rings is 1. The molecule has 8 heteroatoms. The van der Waals surface area contributed by atoms with Crippen LogP contribution in [0.1, 0.15) is 16.7 Å². The van der Waals surface area contributed by atoms with Crippen LogP contribution in [0.4, 0.5) is 18.3 Å². The molecule has 0 unspecified atom stereocenters. The van der Waals surface area contributed by atoms with E-state index in [1.165, 1.54) is 23.5 Å². The van der Waals surface area contributed by atoms with Crippen LogP contribution in [-0.2, 0) is 17.5 Å². The maximum atomic E-state index is 13.2. The van der Waals surface area contributed by atoms with Crippen LogP contribution in [-0.4, -0.2) is 37.5 Å². The van der Waals surface area contributed by atoms with Gasteiger partial charge in [-0.2, -0.15) is 13.2 Å². The zero-order valence-electron chi connectivity index (χ0n) is 12.6. The minimum Gasteiger partial charge on any atom is -0.378 e. The van der Waals surface area contributed by atoms with Gasteiger partial charge in [0.1, 0.15) is 0 Å². The van der Waals surface area contributed by atoms with E-state index in [4.69, 9.17) is 4.74 Å². The third kappa shape index (κ3) is 2.80. The third-order valence-corrected chi connectivity index (χ3v) is 5.03. The molecule has 2 aromatic rings. The second-order valence-corrected chi connectivity index (χ2v) is 6.52. The van der Waals surface area contributed by atoms with Crippen molar-refractivity contribution in [1.82, 2.24) is 4.98 Å². The number of rotatable bonds is 2. The van der Waals surface area contributed by atoms with Gasteiger partial charge < -0.3 is 9.64 Å². The molecule has 0 N–H and O–H groups in total. The van der Waals surface area contributed by atoms with Gasteiger partial charge in [0.25, 0.3) is 0 Å². The van der Waals surface area contributed by atoms with Crippen molar-refractivity contribution in [1.29, 1.82) is 0 Å². The van der Waals surface area contributed by atoms with Crippen LogP contribution in [0.15, 0.2) is 22.5 Å². The molecule has 0 amide bonds. The number of anilines is 1. The summed E-state index contributed by atoms with van der Waals surface area (Å²) in [5.74, 6) is 0. The Morgan fingerprint density at radius 1 is 1.17 bits per heavy atom. The van der Waals surface area contributed by atoms with Gasteiger partial charge in [0.2, 0.25) is 0 Å². The van der Waals surface area contributed by atoms with Crippen LogP contribution in [0.5, 0.6) is 0 Å². The number of hydrogen-bond donors (Lipinski definition) is 0. The summed E-state index contributed by atoms with van der Waals surface area (Å²) in [5, 5.41) is 2.63. The predicted molar refractivity (Wildman–Crippen MR) is 86.9 cm³/mol. The Balaban J connectivity index is 1.75. The summed E-state index contributed by atoms with van der Waals surface area (Å²) in [7, 11) is 0. The van der Waals surface area contributed by atoms with Gasteiger partial charge in [0, 0.05) is 35.8 Å². The lowest BCUT2D eigenvalue weighted by Gasteiger charge is -2.26. The molecular weight excluding hydrogens is 339 g/mol. The summed E-state index contributed by atoms with van der Waals surface area (Å²) in [6.45, 7) is 3.05. The van der Waals surface area contributed by atoms with E-state index in [9.17, 15) is 13.2 Å². The molecule has 126 valence electrons. The topological polar surface area (TPSA) is 37.7 Å². The molecule has 3 heterocycles. The first-order valence-electron chi connectivity index (χ1n) is 7.55. The summed E-state index contributed by atoms with van der Waals surface area (Å²) in [6, 6.07) is 2.36. The van der Waals surface area contributed by atoms with Crippen molar-refractivity contribution < 1.29 is 17.9 Å². The zero-order chi connectivity index (χ0) is 16.7. The Hall–Kier alpha value is -1.93. The molecule has 0 atom stereocenters. The smallest absolute Gasteiger partial charge is 0.378 e. The lowest BCUT2D eigenvalue weighted by molar-refractivity contribution is -0.137. The van der Waals surface area contributed by atoms with Crippen LogP contribution < -0.4 is 4.90 Å². The molecule has 0 aliphatic carbocycles. The number of ether oxygens (including phenoxy) is 1. The number of morpholine rings is 1. The van der Waals surface area contributed by atoms with Crippen molar-refractivity contribution in [2.45, 2.75) is 12.7 Å². The third-order valence-electron chi connectivity index (χ3n) is 4.12. The number of aliphatic imine (C=N–C) groups is 1. The van der Waals surface area contributed by atoms with Gasteiger partial charge in [-0.3, -0.25) is 4.99 Å². The van der Waals surface area contributed by atoms with E-state index in [1.54, 1.807) is 6.21 Å². The molecule has 2 aliphatic rings. The zero-order valence-corrected chi connectivity index (χ0v) is 13.5. The SMILES string of the molecule is FC(F)(F)c1cc2c(c(-c3csc(N4CCOCC4)n3)c1)C=NC2. The van der Waals surface area contributed by atoms with Crippen molar-refractivity contribution in [3.05, 3.63) is 34.2 Å². The van der Waals surface area contributed by atoms with Gasteiger partial charge in [-0.05, 0) is 17.7 Å². The summed E-state index contributed by atoms with van der Waals surface area (Å²) < 4.78 is 44.8.